The van der Waals surface area contributed by atoms with Gasteiger partial charge in [-0.2, -0.15) is 0 Å². The molecule has 1 amide bonds. The quantitative estimate of drug-likeness (QED) is 0.813. The summed E-state index contributed by atoms with van der Waals surface area (Å²) in [6.45, 7) is 7.72. The molecular weight excluding hydrogens is 224 g/mol. The monoisotopic (exact) mass is 248 g/mol. The van der Waals surface area contributed by atoms with Crippen LogP contribution in [0.4, 0.5) is 0 Å². The molecule has 0 unspecified atom stereocenters. The fourth-order valence-electron chi connectivity index (χ4n) is 1.98. The van der Waals surface area contributed by atoms with Gasteiger partial charge in [-0.05, 0) is 29.5 Å². The molecule has 1 rings (SSSR count). The molecule has 0 bridgehead atoms. The zero-order chi connectivity index (χ0) is 13.6. The highest BCUT2D eigenvalue weighted by Gasteiger charge is 2.17. The maximum Gasteiger partial charge on any atom is 0.251 e. The molecule has 0 aromatic heterocycles. The first kappa shape index (κ1) is 14.7. The number of rotatable bonds is 6. The average molecular weight is 248 g/mol. The van der Waals surface area contributed by atoms with Gasteiger partial charge in [-0.15, -0.1) is 0 Å². The van der Waals surface area contributed by atoms with Crippen LogP contribution in [0.2, 0.25) is 0 Å². The van der Waals surface area contributed by atoms with Crippen LogP contribution in [0.25, 0.3) is 0 Å². The first-order chi connectivity index (χ1) is 8.48. The van der Waals surface area contributed by atoms with E-state index < -0.39 is 0 Å². The standard InChI is InChI=1S/C15H24N2O/c1-4-9-15(2,3)11-17-14(18)13-7-5-12(10-16)6-8-13/h5-8H,4,9-11,16H2,1-3H3,(H,17,18). The zero-order valence-corrected chi connectivity index (χ0v) is 11.6. The van der Waals surface area contributed by atoms with Crippen LogP contribution in [0.5, 0.6) is 0 Å². The molecule has 3 N–H and O–H groups in total. The van der Waals surface area contributed by atoms with Crippen molar-refractivity contribution in [3.63, 3.8) is 0 Å². The van der Waals surface area contributed by atoms with Crippen LogP contribution in [0, 0.1) is 5.41 Å². The van der Waals surface area contributed by atoms with E-state index in [4.69, 9.17) is 5.73 Å². The van der Waals surface area contributed by atoms with Crippen LogP contribution in [-0.2, 0) is 6.54 Å². The summed E-state index contributed by atoms with van der Waals surface area (Å²) >= 11 is 0. The van der Waals surface area contributed by atoms with Crippen molar-refractivity contribution >= 4 is 5.91 Å². The number of hydrogen-bond acceptors (Lipinski definition) is 2. The van der Waals surface area contributed by atoms with Gasteiger partial charge in [0.2, 0.25) is 0 Å². The van der Waals surface area contributed by atoms with Gasteiger partial charge in [0.25, 0.3) is 5.91 Å². The maximum atomic E-state index is 12.0. The highest BCUT2D eigenvalue weighted by atomic mass is 16.1. The minimum atomic E-state index is -0.0113. The largest absolute Gasteiger partial charge is 0.352 e. The molecule has 0 saturated heterocycles. The summed E-state index contributed by atoms with van der Waals surface area (Å²) in [5.41, 5.74) is 7.41. The van der Waals surface area contributed by atoms with Crippen LogP contribution < -0.4 is 11.1 Å². The van der Waals surface area contributed by atoms with Crippen molar-refractivity contribution in [3.05, 3.63) is 35.4 Å². The van der Waals surface area contributed by atoms with E-state index in [-0.39, 0.29) is 11.3 Å². The predicted octanol–water partition coefficient (Wildman–Crippen LogP) is 2.70. The Morgan fingerprint density at radius 1 is 1.28 bits per heavy atom. The van der Waals surface area contributed by atoms with Gasteiger partial charge in [-0.3, -0.25) is 4.79 Å². The molecule has 0 aliphatic heterocycles. The Morgan fingerprint density at radius 3 is 2.39 bits per heavy atom. The second-order valence-corrected chi connectivity index (χ2v) is 5.50. The van der Waals surface area contributed by atoms with Crippen molar-refractivity contribution < 1.29 is 4.79 Å². The summed E-state index contributed by atoms with van der Waals surface area (Å²) in [6, 6.07) is 7.44. The summed E-state index contributed by atoms with van der Waals surface area (Å²) in [6.07, 6.45) is 2.24. The first-order valence-electron chi connectivity index (χ1n) is 6.56. The highest BCUT2D eigenvalue weighted by molar-refractivity contribution is 5.94. The van der Waals surface area contributed by atoms with Gasteiger partial charge in [-0.25, -0.2) is 0 Å². The van der Waals surface area contributed by atoms with Crippen LogP contribution in [-0.4, -0.2) is 12.5 Å². The molecule has 18 heavy (non-hydrogen) atoms. The number of nitrogens with two attached hydrogens (primary N) is 1. The number of carbonyl (C=O) groups is 1. The van der Waals surface area contributed by atoms with E-state index in [9.17, 15) is 4.79 Å². The van der Waals surface area contributed by atoms with Crippen molar-refractivity contribution in [1.82, 2.24) is 5.32 Å². The summed E-state index contributed by atoms with van der Waals surface area (Å²) in [7, 11) is 0. The van der Waals surface area contributed by atoms with E-state index in [1.807, 2.05) is 24.3 Å². The Labute approximate surface area is 110 Å². The van der Waals surface area contributed by atoms with Gasteiger partial charge in [0, 0.05) is 18.7 Å². The molecule has 1 aromatic carbocycles. The third kappa shape index (κ3) is 4.49. The summed E-state index contributed by atoms with van der Waals surface area (Å²) in [4.78, 5) is 12.0. The number of amides is 1. The van der Waals surface area contributed by atoms with Crippen molar-refractivity contribution in [2.24, 2.45) is 11.1 Å². The summed E-state index contributed by atoms with van der Waals surface area (Å²) < 4.78 is 0. The van der Waals surface area contributed by atoms with Crippen molar-refractivity contribution in [3.8, 4) is 0 Å². The smallest absolute Gasteiger partial charge is 0.251 e. The van der Waals surface area contributed by atoms with Gasteiger partial charge >= 0.3 is 0 Å². The van der Waals surface area contributed by atoms with Crippen LogP contribution in [0.1, 0.15) is 49.5 Å². The van der Waals surface area contributed by atoms with Gasteiger partial charge < -0.3 is 11.1 Å². The Balaban J connectivity index is 2.54. The Bertz CT molecular complexity index is 382. The van der Waals surface area contributed by atoms with E-state index in [0.717, 1.165) is 18.4 Å². The van der Waals surface area contributed by atoms with E-state index in [0.29, 0.717) is 18.7 Å². The van der Waals surface area contributed by atoms with E-state index in [1.54, 1.807) is 0 Å². The Morgan fingerprint density at radius 2 is 1.89 bits per heavy atom. The predicted molar refractivity (Wildman–Crippen MR) is 75.4 cm³/mol. The molecule has 0 aliphatic rings. The van der Waals surface area contributed by atoms with E-state index >= 15 is 0 Å². The lowest BCUT2D eigenvalue weighted by Crippen LogP contribution is -2.33. The lowest BCUT2D eigenvalue weighted by atomic mass is 9.88. The average Bonchev–Trinajstić information content (AvgIpc) is 2.36. The minimum Gasteiger partial charge on any atom is -0.352 e. The molecule has 0 saturated carbocycles. The fraction of sp³-hybridized carbons (Fsp3) is 0.533. The number of carbonyl (C=O) groups excluding carboxylic acids is 1. The Hall–Kier alpha value is -1.35. The molecular formula is C15H24N2O. The molecule has 0 radical (unpaired) electrons. The highest BCUT2D eigenvalue weighted by Crippen LogP contribution is 2.20. The molecule has 0 heterocycles. The molecule has 0 aliphatic carbocycles. The lowest BCUT2D eigenvalue weighted by molar-refractivity contribution is 0.0934. The van der Waals surface area contributed by atoms with Crippen LogP contribution >= 0.6 is 0 Å². The normalized spacial score (nSPS) is 11.3. The molecule has 1 aromatic rings. The zero-order valence-electron chi connectivity index (χ0n) is 11.6. The minimum absolute atomic E-state index is 0.0113. The SMILES string of the molecule is CCCC(C)(C)CNC(=O)c1ccc(CN)cc1. The second kappa shape index (κ2) is 6.55. The van der Waals surface area contributed by atoms with Crippen molar-refractivity contribution in [1.29, 1.82) is 0 Å². The molecule has 3 nitrogen and oxygen atoms in total. The van der Waals surface area contributed by atoms with Gasteiger partial charge in [0.15, 0.2) is 0 Å². The first-order valence-corrected chi connectivity index (χ1v) is 6.56. The number of nitrogens with one attached hydrogen (secondary N) is 1. The molecule has 0 atom stereocenters. The Kier molecular flexibility index (Phi) is 5.35. The maximum absolute atomic E-state index is 12.0. The van der Waals surface area contributed by atoms with Gasteiger partial charge in [0.05, 0.1) is 0 Å². The topological polar surface area (TPSA) is 55.1 Å². The fourth-order valence-corrected chi connectivity index (χ4v) is 1.98. The number of benzene rings is 1. The molecule has 0 fully saturated rings. The lowest BCUT2D eigenvalue weighted by Gasteiger charge is -2.24. The van der Waals surface area contributed by atoms with Crippen molar-refractivity contribution in [2.75, 3.05) is 6.54 Å². The summed E-state index contributed by atoms with van der Waals surface area (Å²) in [5, 5.41) is 2.99. The van der Waals surface area contributed by atoms with E-state index in [2.05, 4.69) is 26.1 Å². The van der Waals surface area contributed by atoms with Crippen molar-refractivity contribution in [2.45, 2.75) is 40.2 Å². The number of hydrogen-bond donors (Lipinski definition) is 2. The third-order valence-corrected chi connectivity index (χ3v) is 3.11. The van der Waals surface area contributed by atoms with E-state index in [1.165, 1.54) is 0 Å². The molecule has 100 valence electrons. The van der Waals surface area contributed by atoms with Gasteiger partial charge in [0.1, 0.15) is 0 Å². The van der Waals surface area contributed by atoms with Gasteiger partial charge in [-0.1, -0.05) is 39.3 Å². The van der Waals surface area contributed by atoms with Crippen LogP contribution in [0.15, 0.2) is 24.3 Å². The second-order valence-electron chi connectivity index (χ2n) is 5.50. The van der Waals surface area contributed by atoms with Crippen LogP contribution in [0.3, 0.4) is 0 Å². The summed E-state index contributed by atoms with van der Waals surface area (Å²) in [5.74, 6) is -0.0113. The third-order valence-electron chi connectivity index (χ3n) is 3.11. The molecule has 0 spiro atoms. The molecule has 3 heteroatoms.